The van der Waals surface area contributed by atoms with Crippen LogP contribution in [0.2, 0.25) is 0 Å². The van der Waals surface area contributed by atoms with Gasteiger partial charge in [0.15, 0.2) is 0 Å². The molecule has 2 aliphatic heterocycles. The third-order valence-corrected chi connectivity index (χ3v) is 7.07. The predicted octanol–water partition coefficient (Wildman–Crippen LogP) is 2.36. The van der Waals surface area contributed by atoms with Crippen molar-refractivity contribution in [1.82, 2.24) is 9.21 Å². The molecule has 1 aromatic carbocycles. The third kappa shape index (κ3) is 3.58. The van der Waals surface area contributed by atoms with Crippen molar-refractivity contribution < 1.29 is 17.6 Å². The molecule has 7 heteroatoms. The molecular weight excluding hydrogens is 343 g/mol. The van der Waals surface area contributed by atoms with Gasteiger partial charge in [-0.05, 0) is 37.3 Å². The van der Waals surface area contributed by atoms with Crippen LogP contribution in [0.15, 0.2) is 29.2 Å². The van der Waals surface area contributed by atoms with E-state index in [-0.39, 0.29) is 23.8 Å². The van der Waals surface area contributed by atoms with Crippen LogP contribution in [-0.4, -0.2) is 55.4 Å². The molecule has 0 N–H and O–H groups in total. The Morgan fingerprint density at radius 3 is 2.56 bits per heavy atom. The minimum Gasteiger partial charge on any atom is -0.341 e. The van der Waals surface area contributed by atoms with Crippen LogP contribution in [0.1, 0.15) is 38.2 Å². The van der Waals surface area contributed by atoms with Crippen molar-refractivity contribution in [3.8, 4) is 0 Å². The Morgan fingerprint density at radius 2 is 1.88 bits per heavy atom. The van der Waals surface area contributed by atoms with Gasteiger partial charge in [0.1, 0.15) is 12.2 Å². The molecular formula is C18H25FN2O3S. The van der Waals surface area contributed by atoms with Crippen LogP contribution in [0.3, 0.4) is 0 Å². The van der Waals surface area contributed by atoms with Crippen molar-refractivity contribution in [2.75, 3.05) is 19.6 Å². The number of hydrogen-bond donors (Lipinski definition) is 0. The second-order valence-electron chi connectivity index (χ2n) is 6.77. The second-order valence-corrected chi connectivity index (χ2v) is 8.63. The molecule has 2 atom stereocenters. The zero-order valence-electron chi connectivity index (χ0n) is 14.5. The van der Waals surface area contributed by atoms with E-state index in [1.54, 1.807) is 29.2 Å². The summed E-state index contributed by atoms with van der Waals surface area (Å²) >= 11 is 0. The zero-order valence-corrected chi connectivity index (χ0v) is 15.3. The molecule has 138 valence electrons. The van der Waals surface area contributed by atoms with Crippen molar-refractivity contribution in [3.63, 3.8) is 0 Å². The van der Waals surface area contributed by atoms with Gasteiger partial charge in [-0.1, -0.05) is 25.1 Å². The number of sulfonamides is 1. The second kappa shape index (κ2) is 7.41. The topological polar surface area (TPSA) is 57.7 Å². The number of hydrogen-bond acceptors (Lipinski definition) is 3. The molecule has 1 aromatic rings. The van der Waals surface area contributed by atoms with Gasteiger partial charge >= 0.3 is 0 Å². The predicted molar refractivity (Wildman–Crippen MR) is 93.4 cm³/mol. The zero-order chi connectivity index (χ0) is 18.0. The van der Waals surface area contributed by atoms with Gasteiger partial charge in [-0.3, -0.25) is 4.79 Å². The largest absolute Gasteiger partial charge is 0.341 e. The minimum absolute atomic E-state index is 0.0527. The van der Waals surface area contributed by atoms with Gasteiger partial charge in [-0.25, -0.2) is 12.8 Å². The first-order chi connectivity index (χ1) is 11.9. The van der Waals surface area contributed by atoms with Crippen LogP contribution in [0.25, 0.3) is 0 Å². The summed E-state index contributed by atoms with van der Waals surface area (Å²) in [6, 6.07) is 5.83. The van der Waals surface area contributed by atoms with E-state index in [1.807, 2.05) is 6.92 Å². The van der Waals surface area contributed by atoms with Crippen molar-refractivity contribution in [3.05, 3.63) is 29.8 Å². The van der Waals surface area contributed by atoms with Crippen LogP contribution in [0, 0.1) is 0 Å². The Balaban J connectivity index is 1.91. The number of carbonyl (C=O) groups is 1. The van der Waals surface area contributed by atoms with Gasteiger partial charge in [0.25, 0.3) is 0 Å². The van der Waals surface area contributed by atoms with Gasteiger partial charge in [0, 0.05) is 26.1 Å². The lowest BCUT2D eigenvalue weighted by atomic mass is 10.1. The highest BCUT2D eigenvalue weighted by Gasteiger charge is 2.46. The standard InChI is InChI=1S/C18H25FN2O3S/c1-2-14-8-4-5-9-17(14)25(23,24)21-13-15(19)12-16(21)18(22)20-10-6-3-7-11-20/h4-5,8-9,15-16H,2-3,6-7,10-13H2,1H3/t15-,16-/m0/s1. The average Bonchev–Trinajstić information content (AvgIpc) is 3.04. The summed E-state index contributed by atoms with van der Waals surface area (Å²) < 4.78 is 41.5. The first-order valence-electron chi connectivity index (χ1n) is 8.97. The Hall–Kier alpha value is -1.47. The Bertz CT molecular complexity index is 732. The highest BCUT2D eigenvalue weighted by Crippen LogP contribution is 2.31. The van der Waals surface area contributed by atoms with Gasteiger partial charge in [-0.15, -0.1) is 0 Å². The summed E-state index contributed by atoms with van der Waals surface area (Å²) in [5.41, 5.74) is 0.689. The van der Waals surface area contributed by atoms with E-state index in [0.29, 0.717) is 25.1 Å². The average molecular weight is 368 g/mol. The molecule has 0 aliphatic carbocycles. The minimum atomic E-state index is -3.90. The van der Waals surface area contributed by atoms with Crippen LogP contribution in [0.5, 0.6) is 0 Å². The van der Waals surface area contributed by atoms with Gasteiger partial charge < -0.3 is 4.90 Å². The number of rotatable bonds is 4. The van der Waals surface area contributed by atoms with E-state index in [1.165, 1.54) is 0 Å². The number of halogens is 1. The number of alkyl halides is 1. The lowest BCUT2D eigenvalue weighted by Crippen LogP contribution is -2.49. The van der Waals surface area contributed by atoms with E-state index in [0.717, 1.165) is 23.6 Å². The molecule has 2 fully saturated rings. The van der Waals surface area contributed by atoms with Crippen LogP contribution >= 0.6 is 0 Å². The molecule has 25 heavy (non-hydrogen) atoms. The van der Waals surface area contributed by atoms with E-state index >= 15 is 0 Å². The first-order valence-corrected chi connectivity index (χ1v) is 10.4. The Labute approximate surface area is 148 Å². The molecule has 3 rings (SSSR count). The smallest absolute Gasteiger partial charge is 0.244 e. The summed E-state index contributed by atoms with van der Waals surface area (Å²) in [5.74, 6) is -0.252. The molecule has 0 spiro atoms. The summed E-state index contributed by atoms with van der Waals surface area (Å²) in [5, 5.41) is 0. The summed E-state index contributed by atoms with van der Waals surface area (Å²) in [6.07, 6.45) is 2.12. The van der Waals surface area contributed by atoms with Crippen molar-refractivity contribution >= 4 is 15.9 Å². The van der Waals surface area contributed by atoms with E-state index in [2.05, 4.69) is 0 Å². The molecule has 0 bridgehead atoms. The maximum Gasteiger partial charge on any atom is 0.244 e. The fourth-order valence-electron chi connectivity index (χ4n) is 3.75. The van der Waals surface area contributed by atoms with Crippen molar-refractivity contribution in [2.24, 2.45) is 0 Å². The van der Waals surface area contributed by atoms with Crippen LogP contribution < -0.4 is 0 Å². The van der Waals surface area contributed by atoms with Crippen molar-refractivity contribution in [2.45, 2.75) is 56.1 Å². The molecule has 0 saturated carbocycles. The molecule has 0 aromatic heterocycles. The van der Waals surface area contributed by atoms with Crippen molar-refractivity contribution in [1.29, 1.82) is 0 Å². The first kappa shape index (κ1) is 18.3. The SMILES string of the molecule is CCc1ccccc1S(=O)(=O)N1C[C@@H](F)C[C@H]1C(=O)N1CCCCC1. The number of carbonyl (C=O) groups excluding carboxylic acids is 1. The molecule has 2 saturated heterocycles. The lowest BCUT2D eigenvalue weighted by Gasteiger charge is -2.32. The third-order valence-electron chi connectivity index (χ3n) is 5.10. The molecule has 2 aliphatic rings. The number of amides is 1. The fourth-order valence-corrected chi connectivity index (χ4v) is 5.66. The van der Waals surface area contributed by atoms with E-state index in [4.69, 9.17) is 0 Å². The molecule has 0 unspecified atom stereocenters. The van der Waals surface area contributed by atoms with E-state index < -0.39 is 22.2 Å². The van der Waals surface area contributed by atoms with Crippen LogP contribution in [0.4, 0.5) is 4.39 Å². The van der Waals surface area contributed by atoms with Gasteiger partial charge in [-0.2, -0.15) is 4.31 Å². The highest BCUT2D eigenvalue weighted by molar-refractivity contribution is 7.89. The number of aryl methyl sites for hydroxylation is 1. The number of piperidine rings is 1. The maximum absolute atomic E-state index is 14.1. The molecule has 5 nitrogen and oxygen atoms in total. The summed E-state index contributed by atoms with van der Waals surface area (Å²) in [6.45, 7) is 2.90. The normalized spacial score (nSPS) is 25.3. The Kier molecular flexibility index (Phi) is 5.43. The van der Waals surface area contributed by atoms with E-state index in [9.17, 15) is 17.6 Å². The molecule has 2 heterocycles. The molecule has 1 amide bonds. The number of nitrogens with zero attached hydrogens (tertiary/aromatic N) is 2. The Morgan fingerprint density at radius 1 is 1.20 bits per heavy atom. The fraction of sp³-hybridized carbons (Fsp3) is 0.611. The van der Waals surface area contributed by atoms with Crippen LogP contribution in [-0.2, 0) is 21.2 Å². The van der Waals surface area contributed by atoms with Gasteiger partial charge in [0.05, 0.1) is 4.90 Å². The monoisotopic (exact) mass is 368 g/mol. The van der Waals surface area contributed by atoms with Gasteiger partial charge in [0.2, 0.25) is 15.9 Å². The number of benzene rings is 1. The lowest BCUT2D eigenvalue weighted by molar-refractivity contribution is -0.135. The maximum atomic E-state index is 14.1. The highest BCUT2D eigenvalue weighted by atomic mass is 32.2. The molecule has 0 radical (unpaired) electrons. The number of likely N-dealkylation sites (tertiary alicyclic amines) is 1. The quantitative estimate of drug-likeness (QED) is 0.820. The summed E-state index contributed by atoms with van der Waals surface area (Å²) in [7, 11) is -3.90. The summed E-state index contributed by atoms with van der Waals surface area (Å²) in [4.78, 5) is 14.7.